The summed E-state index contributed by atoms with van der Waals surface area (Å²) < 4.78 is 13.4. The molecule has 0 amide bonds. The van der Waals surface area contributed by atoms with Crippen molar-refractivity contribution in [3.8, 4) is 0 Å². The van der Waals surface area contributed by atoms with E-state index in [0.29, 0.717) is 16.6 Å². The van der Waals surface area contributed by atoms with E-state index in [1.54, 1.807) is 0 Å². The molecule has 0 aliphatic heterocycles. The molecule has 1 atom stereocenters. The molecular formula is C19H46AlO2Si2+. The third-order valence-electron chi connectivity index (χ3n) is 6.01. The van der Waals surface area contributed by atoms with Crippen LogP contribution in [0.15, 0.2) is 0 Å². The molecule has 5 heteroatoms. The molecule has 0 unspecified atom stereocenters. The summed E-state index contributed by atoms with van der Waals surface area (Å²) in [6.45, 7) is 30.5. The summed E-state index contributed by atoms with van der Waals surface area (Å²) in [6.07, 6.45) is 0. The van der Waals surface area contributed by atoms with Gasteiger partial charge in [-0.15, -0.1) is 0 Å². The van der Waals surface area contributed by atoms with E-state index in [9.17, 15) is 0 Å². The predicted molar refractivity (Wildman–Crippen MR) is 117 cm³/mol. The van der Waals surface area contributed by atoms with E-state index in [1.165, 1.54) is 0 Å². The quantitative estimate of drug-likeness (QED) is 0.419. The molecule has 0 saturated heterocycles. The van der Waals surface area contributed by atoms with Gasteiger partial charge in [0.05, 0.1) is 0 Å². The minimum atomic E-state index is -1.91. The molecule has 0 aromatic heterocycles. The second-order valence-corrected chi connectivity index (χ2v) is 22.5. The van der Waals surface area contributed by atoms with Crippen molar-refractivity contribution in [2.45, 2.75) is 124 Å². The van der Waals surface area contributed by atoms with E-state index in [1.807, 2.05) is 0 Å². The van der Waals surface area contributed by atoms with Crippen LogP contribution in [0.5, 0.6) is 0 Å². The molecule has 0 heterocycles. The number of hydrogen-bond acceptors (Lipinski definition) is 2. The van der Waals surface area contributed by atoms with Crippen LogP contribution < -0.4 is 0 Å². The van der Waals surface area contributed by atoms with E-state index in [0.717, 1.165) is 0 Å². The Bertz CT molecular complexity index is 363. The van der Waals surface area contributed by atoms with Crippen LogP contribution in [-0.4, -0.2) is 32.5 Å². The molecular weight excluding hydrogens is 343 g/mol. The molecule has 144 valence electrons. The average Bonchev–Trinajstić information content (AvgIpc) is 2.29. The number of hydrogen-bond donors (Lipinski definition) is 0. The Balaban J connectivity index is 0. The monoisotopic (exact) mass is 389 g/mol. The van der Waals surface area contributed by atoms with Crippen molar-refractivity contribution in [1.82, 2.24) is 0 Å². The molecule has 0 aromatic rings. The average molecular weight is 390 g/mol. The fraction of sp³-hybridized carbons (Fsp3) is 1.00. The fourth-order valence-electron chi connectivity index (χ4n) is 4.23. The van der Waals surface area contributed by atoms with Crippen molar-refractivity contribution in [1.29, 1.82) is 0 Å². The van der Waals surface area contributed by atoms with Crippen LogP contribution >= 0.6 is 0 Å². The van der Waals surface area contributed by atoms with Crippen molar-refractivity contribution in [3.05, 3.63) is 0 Å². The molecule has 2 nitrogen and oxygen atoms in total. The van der Waals surface area contributed by atoms with Crippen LogP contribution in [-0.2, 0) is 6.96 Å². The fourth-order valence-corrected chi connectivity index (χ4v) is 18.9. The van der Waals surface area contributed by atoms with E-state index in [2.05, 4.69) is 89.6 Å². The van der Waals surface area contributed by atoms with Gasteiger partial charge in [0.15, 0.2) is 0 Å². The van der Waals surface area contributed by atoms with Gasteiger partial charge in [-0.1, -0.05) is 7.43 Å². The van der Waals surface area contributed by atoms with E-state index >= 15 is 0 Å². The summed E-state index contributed by atoms with van der Waals surface area (Å²) in [5, 5.41) is 0.461. The van der Waals surface area contributed by atoms with Gasteiger partial charge in [-0.2, -0.15) is 0 Å². The van der Waals surface area contributed by atoms with Gasteiger partial charge in [0, 0.05) is 0 Å². The van der Waals surface area contributed by atoms with Crippen molar-refractivity contribution in [2.75, 3.05) is 0 Å². The summed E-state index contributed by atoms with van der Waals surface area (Å²) in [5.74, 6) is 0. The van der Waals surface area contributed by atoms with Gasteiger partial charge in [-0.25, -0.2) is 0 Å². The van der Waals surface area contributed by atoms with Gasteiger partial charge in [-0.3, -0.25) is 0 Å². The Labute approximate surface area is 163 Å². The molecule has 0 N–H and O–H groups in total. The summed E-state index contributed by atoms with van der Waals surface area (Å²) in [6, 6.07) is 0. The zero-order chi connectivity index (χ0) is 18.9. The molecule has 0 spiro atoms. The first-order valence-corrected chi connectivity index (χ1v) is 14.7. The molecule has 0 saturated carbocycles. The molecule has 0 aliphatic rings. The zero-order valence-corrected chi connectivity index (χ0v) is 21.3. The second kappa shape index (κ2) is 9.20. The first kappa shape index (κ1) is 27.1. The van der Waals surface area contributed by atoms with Crippen LogP contribution in [0.2, 0.25) is 33.2 Å². The summed E-state index contributed by atoms with van der Waals surface area (Å²) in [4.78, 5) is 0. The van der Waals surface area contributed by atoms with E-state index < -0.39 is 16.6 Å². The summed E-state index contributed by atoms with van der Waals surface area (Å²) in [7, 11) is -3.73. The summed E-state index contributed by atoms with van der Waals surface area (Å²) >= 11 is -0.389. The molecule has 24 heavy (non-hydrogen) atoms. The third-order valence-corrected chi connectivity index (χ3v) is 21.3. The van der Waals surface area contributed by atoms with Crippen LogP contribution in [0.3, 0.4) is 0 Å². The molecule has 0 aliphatic carbocycles. The Morgan fingerprint density at radius 2 is 1.04 bits per heavy atom. The maximum atomic E-state index is 6.79. The van der Waals surface area contributed by atoms with Crippen molar-refractivity contribution in [3.63, 3.8) is 0 Å². The minimum absolute atomic E-state index is 0. The van der Waals surface area contributed by atoms with Gasteiger partial charge >= 0.3 is 156 Å². The normalized spacial score (nSPS) is 16.2. The Kier molecular flexibility index (Phi) is 10.4. The first-order valence-electron chi connectivity index (χ1n) is 9.21. The summed E-state index contributed by atoms with van der Waals surface area (Å²) in [5.41, 5.74) is 1.79. The molecule has 0 fully saturated rings. The first-order chi connectivity index (χ1) is 10.0. The van der Waals surface area contributed by atoms with Gasteiger partial charge in [-0.05, 0) is 0 Å². The van der Waals surface area contributed by atoms with Gasteiger partial charge in [0.25, 0.3) is 0 Å². The zero-order valence-electron chi connectivity index (χ0n) is 18.1. The van der Waals surface area contributed by atoms with Crippen LogP contribution in [0, 0.1) is 0 Å². The molecule has 0 bridgehead atoms. The molecule has 0 rings (SSSR count). The second-order valence-electron chi connectivity index (χ2n) is 10.2. The SMILES string of the molecule is C.CC(C)[Si]([O][Al+][O][Si@@](C)(C(C)C)C(C)(C)C)(C(C)C)C(C)(C)C. The third kappa shape index (κ3) is 5.44. The topological polar surface area (TPSA) is 18.5 Å². The van der Waals surface area contributed by atoms with E-state index in [-0.39, 0.29) is 33.4 Å². The van der Waals surface area contributed by atoms with Crippen LogP contribution in [0.25, 0.3) is 0 Å². The van der Waals surface area contributed by atoms with Crippen LogP contribution in [0.4, 0.5) is 0 Å². The molecule has 0 aromatic carbocycles. The maximum absolute atomic E-state index is 6.79. The number of rotatable bonds is 7. The van der Waals surface area contributed by atoms with Crippen molar-refractivity contribution >= 4 is 32.5 Å². The predicted octanol–water partition coefficient (Wildman–Crippen LogP) is 7.54. The van der Waals surface area contributed by atoms with Crippen LogP contribution in [0.1, 0.15) is 90.5 Å². The Hall–Kier alpha value is 0.886. The van der Waals surface area contributed by atoms with E-state index in [4.69, 9.17) is 6.96 Å². The van der Waals surface area contributed by atoms with Gasteiger partial charge in [0.2, 0.25) is 0 Å². The standard InChI is InChI=1S/C10H23OSi.C8H19OSi.CH4.Al/c1-8(2)12(11,9(3)4)10(5,6)7;1-7(2)10(6,9)8(3,4)5;;/h8-9H,1-7H3;7H,1-6H3;1H4;/q2*-1;;+3/t;10-;;/m.0../s1. The van der Waals surface area contributed by atoms with Crippen molar-refractivity contribution < 1.29 is 6.96 Å². The molecule has 0 radical (unpaired) electrons. The van der Waals surface area contributed by atoms with Crippen molar-refractivity contribution in [2.24, 2.45) is 0 Å². The van der Waals surface area contributed by atoms with Gasteiger partial charge in [0.1, 0.15) is 0 Å². The van der Waals surface area contributed by atoms with Gasteiger partial charge < -0.3 is 0 Å². The Morgan fingerprint density at radius 1 is 0.667 bits per heavy atom. The Morgan fingerprint density at radius 3 is 1.25 bits per heavy atom.